The number of carbonyl (C=O) groups excluding carboxylic acids is 1. The van der Waals surface area contributed by atoms with E-state index in [0.717, 1.165) is 6.42 Å². The lowest BCUT2D eigenvalue weighted by atomic mass is 9.97. The highest BCUT2D eigenvalue weighted by Gasteiger charge is 2.31. The molecule has 90 valence electrons. The van der Waals surface area contributed by atoms with E-state index in [9.17, 15) is 9.00 Å². The molecule has 0 aromatic carbocycles. The summed E-state index contributed by atoms with van der Waals surface area (Å²) in [5.74, 6) is 1.19. The van der Waals surface area contributed by atoms with E-state index in [2.05, 4.69) is 18.6 Å². The lowest BCUT2D eigenvalue weighted by Gasteiger charge is -2.21. The van der Waals surface area contributed by atoms with E-state index >= 15 is 0 Å². The average molecular weight is 234 g/mol. The molecule has 3 nitrogen and oxygen atoms in total. The third-order valence-corrected chi connectivity index (χ3v) is 4.41. The van der Waals surface area contributed by atoms with Crippen molar-refractivity contribution < 1.29 is 13.7 Å². The first-order valence-corrected chi connectivity index (χ1v) is 6.75. The molecule has 0 radical (unpaired) electrons. The summed E-state index contributed by atoms with van der Waals surface area (Å²) in [5.41, 5.74) is -0.646. The third-order valence-electron chi connectivity index (χ3n) is 2.43. The number of carbonyl (C=O) groups is 1. The Morgan fingerprint density at radius 1 is 1.47 bits per heavy atom. The molecule has 0 rings (SSSR count). The van der Waals surface area contributed by atoms with Gasteiger partial charge in [0.25, 0.3) is 0 Å². The summed E-state index contributed by atoms with van der Waals surface area (Å²) in [5, 5.41) is 0. The summed E-state index contributed by atoms with van der Waals surface area (Å²) in [6, 6.07) is 0. The Balaban J connectivity index is 4.22. The summed E-state index contributed by atoms with van der Waals surface area (Å²) < 4.78 is 16.4. The van der Waals surface area contributed by atoms with E-state index in [1.165, 1.54) is 7.11 Å². The molecule has 0 aliphatic carbocycles. The SMILES string of the molecule is CCC(C)CS(=O)CC(C)(C)C(=O)OC. The maximum atomic E-state index is 11.8. The van der Waals surface area contributed by atoms with Crippen molar-refractivity contribution in [1.82, 2.24) is 0 Å². The van der Waals surface area contributed by atoms with Crippen molar-refractivity contribution in [2.75, 3.05) is 18.6 Å². The molecule has 0 aromatic heterocycles. The molecule has 0 spiro atoms. The molecule has 2 unspecified atom stereocenters. The molecule has 15 heavy (non-hydrogen) atoms. The van der Waals surface area contributed by atoms with Crippen LogP contribution >= 0.6 is 0 Å². The first-order chi connectivity index (χ1) is 6.83. The van der Waals surface area contributed by atoms with Crippen molar-refractivity contribution in [3.63, 3.8) is 0 Å². The van der Waals surface area contributed by atoms with Crippen LogP contribution in [0.15, 0.2) is 0 Å². The third kappa shape index (κ3) is 5.30. The zero-order valence-electron chi connectivity index (χ0n) is 10.3. The molecule has 0 saturated heterocycles. The van der Waals surface area contributed by atoms with Gasteiger partial charge in [-0.25, -0.2) is 0 Å². The summed E-state index contributed by atoms with van der Waals surface area (Å²) in [4.78, 5) is 11.4. The maximum absolute atomic E-state index is 11.8. The largest absolute Gasteiger partial charge is 0.469 e. The second kappa shape index (κ2) is 6.26. The topological polar surface area (TPSA) is 43.4 Å². The highest BCUT2D eigenvalue weighted by Crippen LogP contribution is 2.19. The van der Waals surface area contributed by atoms with Gasteiger partial charge in [-0.05, 0) is 19.8 Å². The Morgan fingerprint density at radius 2 is 2.00 bits per heavy atom. The second-order valence-electron chi connectivity index (χ2n) is 4.64. The maximum Gasteiger partial charge on any atom is 0.312 e. The van der Waals surface area contributed by atoms with E-state index in [1.54, 1.807) is 13.8 Å². The second-order valence-corrected chi connectivity index (χ2v) is 6.14. The monoisotopic (exact) mass is 234 g/mol. The van der Waals surface area contributed by atoms with Gasteiger partial charge in [0, 0.05) is 22.3 Å². The first-order valence-electron chi connectivity index (χ1n) is 5.27. The lowest BCUT2D eigenvalue weighted by Crippen LogP contribution is -2.32. The van der Waals surface area contributed by atoms with Crippen molar-refractivity contribution in [1.29, 1.82) is 0 Å². The van der Waals surface area contributed by atoms with Crippen molar-refractivity contribution in [2.45, 2.75) is 34.1 Å². The van der Waals surface area contributed by atoms with Crippen LogP contribution in [0.2, 0.25) is 0 Å². The van der Waals surface area contributed by atoms with Crippen LogP contribution in [0.1, 0.15) is 34.1 Å². The van der Waals surface area contributed by atoms with Crippen LogP contribution in [0.5, 0.6) is 0 Å². The standard InChI is InChI=1S/C11H22O3S/c1-6-9(2)7-15(13)8-11(3,4)10(12)14-5/h9H,6-8H2,1-5H3. The normalized spacial score (nSPS) is 15.8. The van der Waals surface area contributed by atoms with Crippen molar-refractivity contribution >= 4 is 16.8 Å². The van der Waals surface area contributed by atoms with Gasteiger partial charge in [0.15, 0.2) is 0 Å². The fourth-order valence-corrected chi connectivity index (χ4v) is 3.14. The van der Waals surface area contributed by atoms with Crippen LogP contribution in [-0.2, 0) is 20.3 Å². The Kier molecular flexibility index (Phi) is 6.10. The molecule has 0 saturated carbocycles. The fraction of sp³-hybridized carbons (Fsp3) is 0.909. The summed E-state index contributed by atoms with van der Waals surface area (Å²) in [7, 11) is 0.420. The smallest absolute Gasteiger partial charge is 0.312 e. The minimum atomic E-state index is -0.942. The fourth-order valence-electron chi connectivity index (χ4n) is 1.23. The van der Waals surface area contributed by atoms with Crippen molar-refractivity contribution in [3.8, 4) is 0 Å². The van der Waals surface area contributed by atoms with Crippen LogP contribution in [-0.4, -0.2) is 28.8 Å². The zero-order chi connectivity index (χ0) is 12.1. The van der Waals surface area contributed by atoms with Gasteiger partial charge in [-0.15, -0.1) is 0 Å². The van der Waals surface area contributed by atoms with Gasteiger partial charge in [-0.1, -0.05) is 20.3 Å². The molecule has 2 atom stereocenters. The molecule has 0 aliphatic rings. The molecule has 0 aliphatic heterocycles. The van der Waals surface area contributed by atoms with E-state index in [1.807, 2.05) is 0 Å². The van der Waals surface area contributed by atoms with Crippen molar-refractivity contribution in [3.05, 3.63) is 0 Å². The van der Waals surface area contributed by atoms with Gasteiger partial charge in [-0.2, -0.15) is 0 Å². The molecular formula is C11H22O3S. The van der Waals surface area contributed by atoms with Crippen LogP contribution in [0.3, 0.4) is 0 Å². The molecule has 4 heteroatoms. The Bertz CT molecular complexity index is 236. The Morgan fingerprint density at radius 3 is 2.40 bits per heavy atom. The molecule has 0 amide bonds. The average Bonchev–Trinajstić information content (AvgIpc) is 2.15. The number of rotatable bonds is 6. The van der Waals surface area contributed by atoms with Gasteiger partial charge in [-0.3, -0.25) is 9.00 Å². The highest BCUT2D eigenvalue weighted by molar-refractivity contribution is 7.85. The van der Waals surface area contributed by atoms with Crippen LogP contribution < -0.4 is 0 Å². The molecule has 0 N–H and O–H groups in total. The van der Waals surface area contributed by atoms with Gasteiger partial charge < -0.3 is 4.74 Å². The summed E-state index contributed by atoms with van der Waals surface area (Å²) in [6.45, 7) is 7.69. The number of hydrogen-bond acceptors (Lipinski definition) is 3. The lowest BCUT2D eigenvalue weighted by molar-refractivity contribution is -0.149. The van der Waals surface area contributed by atoms with E-state index < -0.39 is 16.2 Å². The van der Waals surface area contributed by atoms with Crippen LogP contribution in [0, 0.1) is 11.3 Å². The highest BCUT2D eigenvalue weighted by atomic mass is 32.2. The predicted molar refractivity (Wildman–Crippen MR) is 63.1 cm³/mol. The summed E-state index contributed by atoms with van der Waals surface area (Å²) >= 11 is 0. The van der Waals surface area contributed by atoms with E-state index in [0.29, 0.717) is 17.4 Å². The van der Waals surface area contributed by atoms with Gasteiger partial charge >= 0.3 is 5.97 Å². The molecule has 0 aromatic rings. The Hall–Kier alpha value is -0.380. The van der Waals surface area contributed by atoms with Crippen LogP contribution in [0.25, 0.3) is 0 Å². The minimum absolute atomic E-state index is 0.292. The number of ether oxygens (including phenoxy) is 1. The molecule has 0 fully saturated rings. The first kappa shape index (κ1) is 14.6. The molecule has 0 heterocycles. The van der Waals surface area contributed by atoms with Gasteiger partial charge in [0.1, 0.15) is 0 Å². The van der Waals surface area contributed by atoms with E-state index in [-0.39, 0.29) is 5.97 Å². The van der Waals surface area contributed by atoms with Gasteiger partial charge in [0.2, 0.25) is 0 Å². The minimum Gasteiger partial charge on any atom is -0.469 e. The zero-order valence-corrected chi connectivity index (χ0v) is 11.1. The quantitative estimate of drug-likeness (QED) is 0.660. The van der Waals surface area contributed by atoms with Gasteiger partial charge in [0.05, 0.1) is 12.5 Å². The molecule has 0 bridgehead atoms. The number of hydrogen-bond donors (Lipinski definition) is 0. The summed E-state index contributed by atoms with van der Waals surface area (Å²) in [6.07, 6.45) is 1.02. The van der Waals surface area contributed by atoms with Crippen molar-refractivity contribution in [2.24, 2.45) is 11.3 Å². The predicted octanol–water partition coefficient (Wildman–Crippen LogP) is 1.98. The Labute approximate surface area is 95.0 Å². The molecular weight excluding hydrogens is 212 g/mol. The number of methoxy groups -OCH3 is 1. The van der Waals surface area contributed by atoms with Crippen LogP contribution in [0.4, 0.5) is 0 Å². The van der Waals surface area contributed by atoms with E-state index in [4.69, 9.17) is 0 Å². The number of esters is 1.